The Labute approximate surface area is 152 Å². The Morgan fingerprint density at radius 3 is 2.35 bits per heavy atom. The van der Waals surface area contributed by atoms with Gasteiger partial charge in [0, 0.05) is 13.1 Å². The number of carbonyl (C=O) groups excluding carboxylic acids is 2. The highest BCUT2D eigenvalue weighted by atomic mass is 19.1. The topological polar surface area (TPSA) is 58.2 Å². The van der Waals surface area contributed by atoms with Crippen molar-refractivity contribution >= 4 is 11.8 Å². The van der Waals surface area contributed by atoms with E-state index in [0.29, 0.717) is 31.5 Å². The Morgan fingerprint density at radius 2 is 1.65 bits per heavy atom. The molecule has 1 fully saturated rings. The minimum atomic E-state index is -0.270. The van der Waals surface area contributed by atoms with Gasteiger partial charge in [-0.25, -0.2) is 4.39 Å². The molecule has 2 aromatic carbocycles. The lowest BCUT2D eigenvalue weighted by molar-refractivity contribution is -0.127. The molecule has 1 saturated carbocycles. The van der Waals surface area contributed by atoms with E-state index < -0.39 is 0 Å². The first kappa shape index (κ1) is 18.1. The minimum absolute atomic E-state index is 0.0835. The van der Waals surface area contributed by atoms with E-state index in [9.17, 15) is 14.0 Å². The molecule has 0 bridgehead atoms. The van der Waals surface area contributed by atoms with Gasteiger partial charge in [-0.2, -0.15) is 0 Å². The molecule has 2 atom stereocenters. The van der Waals surface area contributed by atoms with Crippen LogP contribution in [0.5, 0.6) is 0 Å². The Balaban J connectivity index is 1.38. The van der Waals surface area contributed by atoms with Gasteiger partial charge in [0.05, 0.1) is 11.8 Å². The SMILES string of the molecule is Cc1ccc(CNC(=O)C2CC2C(=O)NCCc2ccccc2F)cc1. The fourth-order valence-corrected chi connectivity index (χ4v) is 2.95. The molecule has 0 aliphatic heterocycles. The van der Waals surface area contributed by atoms with Crippen molar-refractivity contribution in [3.8, 4) is 0 Å². The summed E-state index contributed by atoms with van der Waals surface area (Å²) in [5.74, 6) is -0.999. The minimum Gasteiger partial charge on any atom is -0.356 e. The predicted molar refractivity (Wildman–Crippen MR) is 97.7 cm³/mol. The Kier molecular flexibility index (Phi) is 5.66. The van der Waals surface area contributed by atoms with Crippen molar-refractivity contribution in [1.82, 2.24) is 10.6 Å². The zero-order valence-corrected chi connectivity index (χ0v) is 14.8. The average Bonchev–Trinajstić information content (AvgIpc) is 3.43. The molecule has 3 rings (SSSR count). The number of amides is 2. The molecule has 136 valence electrons. The average molecular weight is 354 g/mol. The summed E-state index contributed by atoms with van der Waals surface area (Å²) < 4.78 is 13.5. The van der Waals surface area contributed by atoms with Crippen LogP contribution in [0.3, 0.4) is 0 Å². The van der Waals surface area contributed by atoms with Gasteiger partial charge in [-0.3, -0.25) is 9.59 Å². The maximum Gasteiger partial charge on any atom is 0.224 e. The first-order valence-electron chi connectivity index (χ1n) is 8.89. The molecule has 0 aromatic heterocycles. The summed E-state index contributed by atoms with van der Waals surface area (Å²) in [5, 5.41) is 5.69. The Hall–Kier alpha value is -2.69. The largest absolute Gasteiger partial charge is 0.356 e. The number of carbonyl (C=O) groups is 2. The molecular formula is C21H23FN2O2. The van der Waals surface area contributed by atoms with Gasteiger partial charge in [-0.05, 0) is 37.0 Å². The molecule has 1 aliphatic carbocycles. The van der Waals surface area contributed by atoms with Crippen LogP contribution < -0.4 is 10.6 Å². The molecule has 1 aliphatic rings. The molecule has 0 radical (unpaired) electrons. The van der Waals surface area contributed by atoms with E-state index in [2.05, 4.69) is 10.6 Å². The van der Waals surface area contributed by atoms with Crippen molar-refractivity contribution in [2.45, 2.75) is 26.3 Å². The van der Waals surface area contributed by atoms with Crippen molar-refractivity contribution in [2.24, 2.45) is 11.8 Å². The Morgan fingerprint density at radius 1 is 1.00 bits per heavy atom. The number of rotatable bonds is 7. The maximum atomic E-state index is 13.5. The van der Waals surface area contributed by atoms with Gasteiger partial charge in [0.15, 0.2) is 0 Å². The van der Waals surface area contributed by atoms with Crippen molar-refractivity contribution < 1.29 is 14.0 Å². The standard InChI is InChI=1S/C21H23FN2O2/c1-14-6-8-15(9-7-14)13-24-21(26)18-12-17(18)20(25)23-11-10-16-4-2-3-5-19(16)22/h2-9,17-18H,10-13H2,1H3,(H,23,25)(H,24,26). The van der Waals surface area contributed by atoms with Crippen LogP contribution in [0.4, 0.5) is 4.39 Å². The molecule has 0 saturated heterocycles. The van der Waals surface area contributed by atoms with Crippen LogP contribution in [-0.4, -0.2) is 18.4 Å². The zero-order chi connectivity index (χ0) is 18.5. The van der Waals surface area contributed by atoms with E-state index >= 15 is 0 Å². The van der Waals surface area contributed by atoms with Crippen LogP contribution in [-0.2, 0) is 22.6 Å². The second kappa shape index (κ2) is 8.13. The van der Waals surface area contributed by atoms with Crippen LogP contribution >= 0.6 is 0 Å². The second-order valence-electron chi connectivity index (χ2n) is 6.78. The summed E-state index contributed by atoms with van der Waals surface area (Å²) in [6.45, 7) is 2.85. The van der Waals surface area contributed by atoms with Crippen molar-refractivity contribution in [2.75, 3.05) is 6.54 Å². The summed E-state index contributed by atoms with van der Waals surface area (Å²) in [6.07, 6.45) is 1.01. The summed E-state index contributed by atoms with van der Waals surface area (Å²) in [4.78, 5) is 24.3. The molecular weight excluding hydrogens is 331 g/mol. The number of hydrogen-bond acceptors (Lipinski definition) is 2. The van der Waals surface area contributed by atoms with Gasteiger partial charge >= 0.3 is 0 Å². The van der Waals surface area contributed by atoms with Crippen LogP contribution in [0.1, 0.15) is 23.1 Å². The van der Waals surface area contributed by atoms with Crippen molar-refractivity contribution in [1.29, 1.82) is 0 Å². The third kappa shape index (κ3) is 4.69. The fourth-order valence-electron chi connectivity index (χ4n) is 2.95. The molecule has 2 amide bonds. The second-order valence-corrected chi connectivity index (χ2v) is 6.78. The van der Waals surface area contributed by atoms with E-state index in [0.717, 1.165) is 5.56 Å². The lowest BCUT2D eigenvalue weighted by Gasteiger charge is -2.07. The first-order chi connectivity index (χ1) is 12.5. The summed E-state index contributed by atoms with van der Waals surface area (Å²) >= 11 is 0. The van der Waals surface area contributed by atoms with Gasteiger partial charge in [-0.15, -0.1) is 0 Å². The van der Waals surface area contributed by atoms with Crippen LogP contribution in [0, 0.1) is 24.6 Å². The molecule has 2 N–H and O–H groups in total. The number of hydrogen-bond donors (Lipinski definition) is 2. The number of benzene rings is 2. The summed E-state index contributed by atoms with van der Waals surface area (Å²) in [6, 6.07) is 14.5. The summed E-state index contributed by atoms with van der Waals surface area (Å²) in [7, 11) is 0. The molecule has 0 spiro atoms. The first-order valence-corrected chi connectivity index (χ1v) is 8.89. The van der Waals surface area contributed by atoms with Gasteiger partial charge in [0.2, 0.25) is 11.8 Å². The molecule has 2 aromatic rings. The van der Waals surface area contributed by atoms with Gasteiger partial charge in [0.25, 0.3) is 0 Å². The van der Waals surface area contributed by atoms with Gasteiger partial charge in [0.1, 0.15) is 5.82 Å². The third-order valence-electron chi connectivity index (χ3n) is 4.70. The van der Waals surface area contributed by atoms with Crippen LogP contribution in [0.25, 0.3) is 0 Å². The normalized spacial score (nSPS) is 18.2. The Bertz CT molecular complexity index is 789. The van der Waals surface area contributed by atoms with E-state index in [1.54, 1.807) is 18.2 Å². The quantitative estimate of drug-likeness (QED) is 0.803. The van der Waals surface area contributed by atoms with Crippen molar-refractivity contribution in [3.05, 3.63) is 71.0 Å². The highest BCUT2D eigenvalue weighted by Crippen LogP contribution is 2.38. The van der Waals surface area contributed by atoms with E-state index in [4.69, 9.17) is 0 Å². The molecule has 5 heteroatoms. The summed E-state index contributed by atoms with van der Waals surface area (Å²) in [5.41, 5.74) is 2.79. The van der Waals surface area contributed by atoms with E-state index in [-0.39, 0.29) is 29.5 Å². The number of nitrogens with one attached hydrogen (secondary N) is 2. The van der Waals surface area contributed by atoms with Crippen molar-refractivity contribution in [3.63, 3.8) is 0 Å². The molecule has 26 heavy (non-hydrogen) atoms. The lowest BCUT2D eigenvalue weighted by Crippen LogP contribution is -2.31. The highest BCUT2D eigenvalue weighted by molar-refractivity contribution is 5.92. The number of aryl methyl sites for hydroxylation is 1. The highest BCUT2D eigenvalue weighted by Gasteiger charge is 2.47. The van der Waals surface area contributed by atoms with E-state index in [1.165, 1.54) is 11.6 Å². The van der Waals surface area contributed by atoms with E-state index in [1.807, 2.05) is 31.2 Å². The molecule has 0 heterocycles. The lowest BCUT2D eigenvalue weighted by atomic mass is 10.1. The monoisotopic (exact) mass is 354 g/mol. The van der Waals surface area contributed by atoms with Gasteiger partial charge < -0.3 is 10.6 Å². The van der Waals surface area contributed by atoms with Crippen LogP contribution in [0.15, 0.2) is 48.5 Å². The maximum absolute atomic E-state index is 13.5. The number of halogens is 1. The third-order valence-corrected chi connectivity index (χ3v) is 4.70. The molecule has 4 nitrogen and oxygen atoms in total. The molecule has 2 unspecified atom stereocenters. The predicted octanol–water partition coefficient (Wildman–Crippen LogP) is 2.75. The zero-order valence-electron chi connectivity index (χ0n) is 14.8. The fraction of sp³-hybridized carbons (Fsp3) is 0.333. The van der Waals surface area contributed by atoms with Crippen LogP contribution in [0.2, 0.25) is 0 Å². The van der Waals surface area contributed by atoms with Gasteiger partial charge in [-0.1, -0.05) is 48.0 Å². The smallest absolute Gasteiger partial charge is 0.224 e.